The van der Waals surface area contributed by atoms with E-state index in [0.29, 0.717) is 9.47 Å². The predicted molar refractivity (Wildman–Crippen MR) is 122 cm³/mol. The number of sulfonamides is 1. The smallest absolute Gasteiger partial charge is 0.333 e. The second-order valence-corrected chi connectivity index (χ2v) is 11.2. The maximum absolute atomic E-state index is 12.7. The van der Waals surface area contributed by atoms with Gasteiger partial charge in [-0.25, -0.2) is 17.9 Å². The number of carbonyl (C=O) groups excluding carboxylic acids is 1. The Morgan fingerprint density at radius 2 is 1.83 bits per heavy atom. The van der Waals surface area contributed by atoms with Crippen LogP contribution in [0.4, 0.5) is 10.5 Å². The first-order valence-electron chi connectivity index (χ1n) is 9.26. The molecule has 4 rings (SSSR count). The summed E-state index contributed by atoms with van der Waals surface area (Å²) in [7, 11) is -2.34. The number of urea groups is 1. The topological polar surface area (TPSA) is 84.5 Å². The molecule has 0 aliphatic heterocycles. The molecule has 0 unspecified atom stereocenters. The third kappa shape index (κ3) is 4.23. The zero-order chi connectivity index (χ0) is 21.3. The van der Waals surface area contributed by atoms with E-state index in [0.717, 1.165) is 53.0 Å². The molecule has 2 N–H and O–H groups in total. The summed E-state index contributed by atoms with van der Waals surface area (Å²) in [5, 5.41) is 2.80. The third-order valence-electron chi connectivity index (χ3n) is 4.96. The lowest BCUT2D eigenvalue weighted by atomic mass is 9.97. The van der Waals surface area contributed by atoms with Crippen molar-refractivity contribution in [3.63, 3.8) is 0 Å². The molecule has 3 aromatic rings. The number of nitrogens with one attached hydrogen (secondary N) is 2. The van der Waals surface area contributed by atoms with E-state index >= 15 is 0 Å². The number of anilines is 1. The molecule has 0 spiro atoms. The molecule has 0 radical (unpaired) electrons. The number of benzene rings is 2. The Kier molecular flexibility index (Phi) is 5.86. The number of rotatable bonds is 5. The summed E-state index contributed by atoms with van der Waals surface area (Å²) >= 11 is 4.28. The normalized spacial score (nSPS) is 13.0. The fraction of sp³-hybridized carbons (Fsp3) is 0.190. The molecule has 2 amide bonds. The van der Waals surface area contributed by atoms with E-state index in [2.05, 4.69) is 32.0 Å². The third-order valence-corrected chi connectivity index (χ3v) is 8.41. The van der Waals surface area contributed by atoms with Crippen LogP contribution in [0, 0.1) is 0 Å². The average Bonchev–Trinajstić information content (AvgIpc) is 3.37. The zero-order valence-electron chi connectivity index (χ0n) is 16.1. The van der Waals surface area contributed by atoms with Crippen molar-refractivity contribution in [3.8, 4) is 16.9 Å². The van der Waals surface area contributed by atoms with Gasteiger partial charge in [0.05, 0.1) is 16.6 Å². The molecular formula is C21H19BrN2O4S2. The molecule has 0 bridgehead atoms. The predicted octanol–water partition coefficient (Wildman–Crippen LogP) is 5.19. The number of ether oxygens (including phenoxy) is 1. The molecule has 1 aromatic heterocycles. The molecule has 1 aliphatic rings. The van der Waals surface area contributed by atoms with Gasteiger partial charge in [0.25, 0.3) is 10.0 Å². The number of fused-ring (bicyclic) bond motifs is 1. The number of halogens is 1. The van der Waals surface area contributed by atoms with E-state index in [4.69, 9.17) is 4.74 Å². The van der Waals surface area contributed by atoms with Crippen molar-refractivity contribution in [2.45, 2.75) is 23.5 Å². The van der Waals surface area contributed by atoms with Gasteiger partial charge in [-0.1, -0.05) is 24.3 Å². The summed E-state index contributed by atoms with van der Waals surface area (Å²) in [4.78, 5) is 12.7. The van der Waals surface area contributed by atoms with Crippen LogP contribution in [0.25, 0.3) is 11.1 Å². The van der Waals surface area contributed by atoms with Crippen LogP contribution in [0.5, 0.6) is 5.75 Å². The minimum Gasteiger partial charge on any atom is -0.497 e. The molecule has 30 heavy (non-hydrogen) atoms. The summed E-state index contributed by atoms with van der Waals surface area (Å²) in [5.41, 5.74) is 4.62. The largest absolute Gasteiger partial charge is 0.497 e. The lowest BCUT2D eigenvalue weighted by Crippen LogP contribution is -2.34. The quantitative estimate of drug-likeness (QED) is 0.498. The number of thiophene rings is 1. The maximum Gasteiger partial charge on any atom is 0.333 e. The van der Waals surface area contributed by atoms with Crippen molar-refractivity contribution >= 4 is 49.0 Å². The minimum atomic E-state index is -3.95. The van der Waals surface area contributed by atoms with Crippen molar-refractivity contribution in [2.75, 3.05) is 12.4 Å². The number of aryl methyl sites for hydroxylation is 1. The monoisotopic (exact) mass is 506 g/mol. The van der Waals surface area contributed by atoms with Crippen molar-refractivity contribution in [3.05, 3.63) is 63.4 Å². The van der Waals surface area contributed by atoms with E-state index in [1.807, 2.05) is 30.3 Å². The molecule has 1 heterocycles. The lowest BCUT2D eigenvalue weighted by molar-refractivity contribution is 0.256. The summed E-state index contributed by atoms with van der Waals surface area (Å²) < 4.78 is 33.1. The highest BCUT2D eigenvalue weighted by Crippen LogP contribution is 2.38. The van der Waals surface area contributed by atoms with E-state index in [1.165, 1.54) is 11.6 Å². The van der Waals surface area contributed by atoms with Gasteiger partial charge in [0, 0.05) is 5.56 Å². The standard InChI is InChI=1S/C21H19BrN2O4S2/c1-28-15-8-5-14(6-9-15)17-10-7-13-3-2-4-16(13)20(17)23-21(25)24-30(26,27)19-12-11-18(22)29-19/h5-12H,2-4H2,1H3,(H2,23,24,25). The zero-order valence-corrected chi connectivity index (χ0v) is 19.3. The van der Waals surface area contributed by atoms with Crippen LogP contribution in [-0.4, -0.2) is 21.6 Å². The Balaban J connectivity index is 1.65. The highest BCUT2D eigenvalue weighted by molar-refractivity contribution is 9.11. The SMILES string of the molecule is COc1ccc(-c2ccc3c(c2NC(=O)NS(=O)(=O)c2ccc(Br)s2)CCC3)cc1. The highest BCUT2D eigenvalue weighted by Gasteiger charge is 2.24. The van der Waals surface area contributed by atoms with Crippen LogP contribution in [0.3, 0.4) is 0 Å². The maximum atomic E-state index is 12.7. The van der Waals surface area contributed by atoms with Gasteiger partial charge in [-0.2, -0.15) is 0 Å². The van der Waals surface area contributed by atoms with Crippen LogP contribution >= 0.6 is 27.3 Å². The van der Waals surface area contributed by atoms with E-state index < -0.39 is 16.1 Å². The van der Waals surface area contributed by atoms with Crippen molar-refractivity contribution in [2.24, 2.45) is 0 Å². The molecule has 0 fully saturated rings. The summed E-state index contributed by atoms with van der Waals surface area (Å²) in [6.45, 7) is 0. The van der Waals surface area contributed by atoms with Gasteiger partial charge in [-0.3, -0.25) is 0 Å². The lowest BCUT2D eigenvalue weighted by Gasteiger charge is -2.17. The van der Waals surface area contributed by atoms with Crippen molar-refractivity contribution in [1.82, 2.24) is 4.72 Å². The fourth-order valence-corrected chi connectivity index (χ4v) is 6.49. The van der Waals surface area contributed by atoms with Gasteiger partial charge < -0.3 is 10.1 Å². The molecule has 1 aliphatic carbocycles. The first-order chi connectivity index (χ1) is 14.4. The van der Waals surface area contributed by atoms with Crippen LogP contribution < -0.4 is 14.8 Å². The summed E-state index contributed by atoms with van der Waals surface area (Å²) in [6.07, 6.45) is 2.77. The first kappa shape index (κ1) is 20.9. The minimum absolute atomic E-state index is 0.0678. The second-order valence-electron chi connectivity index (χ2n) is 6.83. The van der Waals surface area contributed by atoms with Crippen LogP contribution in [0.15, 0.2) is 56.5 Å². The molecule has 0 saturated carbocycles. The molecule has 6 nitrogen and oxygen atoms in total. The fourth-order valence-electron chi connectivity index (χ4n) is 3.57. The van der Waals surface area contributed by atoms with Gasteiger partial charge in [-0.05, 0) is 76.1 Å². The van der Waals surface area contributed by atoms with Crippen LogP contribution in [0.1, 0.15) is 17.5 Å². The number of hydrogen-bond donors (Lipinski definition) is 2. The van der Waals surface area contributed by atoms with Gasteiger partial charge >= 0.3 is 6.03 Å². The molecular weight excluding hydrogens is 488 g/mol. The van der Waals surface area contributed by atoms with Gasteiger partial charge in [0.1, 0.15) is 9.96 Å². The van der Waals surface area contributed by atoms with Crippen LogP contribution in [-0.2, 0) is 22.9 Å². The van der Waals surface area contributed by atoms with Gasteiger partial charge in [-0.15, -0.1) is 11.3 Å². The number of carbonyl (C=O) groups is 1. The Morgan fingerprint density at radius 1 is 1.07 bits per heavy atom. The molecule has 156 valence electrons. The molecule has 0 saturated heterocycles. The number of hydrogen-bond acceptors (Lipinski definition) is 5. The number of amides is 2. The summed E-state index contributed by atoms with van der Waals surface area (Å²) in [5.74, 6) is 0.736. The van der Waals surface area contributed by atoms with E-state index in [9.17, 15) is 13.2 Å². The van der Waals surface area contributed by atoms with E-state index in [1.54, 1.807) is 13.2 Å². The average molecular weight is 507 g/mol. The van der Waals surface area contributed by atoms with Gasteiger partial charge in [0.2, 0.25) is 0 Å². The highest BCUT2D eigenvalue weighted by atomic mass is 79.9. The van der Waals surface area contributed by atoms with Crippen LogP contribution in [0.2, 0.25) is 0 Å². The summed E-state index contributed by atoms with van der Waals surface area (Å²) in [6, 6.07) is 13.9. The molecule has 2 aromatic carbocycles. The van der Waals surface area contributed by atoms with Crippen molar-refractivity contribution in [1.29, 1.82) is 0 Å². The Labute approximate surface area is 187 Å². The Morgan fingerprint density at radius 3 is 2.50 bits per heavy atom. The Bertz CT molecular complexity index is 1200. The Hall–Kier alpha value is -2.36. The van der Waals surface area contributed by atoms with E-state index in [-0.39, 0.29) is 4.21 Å². The molecule has 9 heteroatoms. The number of methoxy groups -OCH3 is 1. The van der Waals surface area contributed by atoms with Gasteiger partial charge in [0.15, 0.2) is 0 Å². The second kappa shape index (κ2) is 8.41. The van der Waals surface area contributed by atoms with Crippen molar-refractivity contribution < 1.29 is 17.9 Å². The molecule has 0 atom stereocenters. The first-order valence-corrected chi connectivity index (χ1v) is 12.3.